The lowest BCUT2D eigenvalue weighted by Gasteiger charge is -2.35. The summed E-state index contributed by atoms with van der Waals surface area (Å²) in [6.45, 7) is 11.7. The highest BCUT2D eigenvalue weighted by molar-refractivity contribution is 6.34. The minimum Gasteiger partial charge on any atom is -0.444 e. The van der Waals surface area contributed by atoms with Crippen LogP contribution in [0.15, 0.2) is 72.8 Å². The van der Waals surface area contributed by atoms with Crippen molar-refractivity contribution in [3.63, 3.8) is 0 Å². The van der Waals surface area contributed by atoms with Gasteiger partial charge in [-0.3, -0.25) is 9.59 Å². The molecule has 46 heavy (non-hydrogen) atoms. The smallest absolute Gasteiger partial charge is 0.408 e. The van der Waals surface area contributed by atoms with Gasteiger partial charge in [0.25, 0.3) is 5.91 Å². The van der Waals surface area contributed by atoms with Crippen molar-refractivity contribution in [3.8, 4) is 0 Å². The predicted molar refractivity (Wildman–Crippen MR) is 187 cm³/mol. The number of hydrogen-bond acceptors (Lipinski definition) is 4. The first-order valence-electron chi connectivity index (χ1n) is 16.4. The highest BCUT2D eigenvalue weighted by Crippen LogP contribution is 2.30. The molecule has 0 spiro atoms. The molecule has 0 aliphatic rings. The second kappa shape index (κ2) is 17.7. The van der Waals surface area contributed by atoms with Crippen molar-refractivity contribution in [2.75, 3.05) is 11.9 Å². The number of carbonyl (C=O) groups excluding carboxylic acids is 3. The Morgan fingerprint density at radius 3 is 2.20 bits per heavy atom. The number of aryl methyl sites for hydroxylation is 2. The molecule has 8 heteroatoms. The summed E-state index contributed by atoms with van der Waals surface area (Å²) in [5, 5.41) is 6.29. The molecule has 0 fully saturated rings. The van der Waals surface area contributed by atoms with Gasteiger partial charge in [0.05, 0.1) is 10.7 Å². The second-order valence-electron chi connectivity index (χ2n) is 12.9. The van der Waals surface area contributed by atoms with Crippen LogP contribution in [0.5, 0.6) is 0 Å². The highest BCUT2D eigenvalue weighted by Gasteiger charge is 2.36. The second-order valence-corrected chi connectivity index (χ2v) is 13.3. The van der Waals surface area contributed by atoms with Crippen molar-refractivity contribution < 1.29 is 19.1 Å². The molecule has 0 heterocycles. The summed E-state index contributed by atoms with van der Waals surface area (Å²) in [4.78, 5) is 43.8. The molecule has 0 saturated carbocycles. The Hall–Kier alpha value is -3.84. The van der Waals surface area contributed by atoms with E-state index in [4.69, 9.17) is 16.3 Å². The van der Waals surface area contributed by atoms with Crippen LogP contribution >= 0.6 is 11.6 Å². The molecule has 0 saturated heterocycles. The third kappa shape index (κ3) is 11.5. The van der Waals surface area contributed by atoms with Crippen LogP contribution in [-0.2, 0) is 20.7 Å². The van der Waals surface area contributed by atoms with Gasteiger partial charge >= 0.3 is 6.09 Å². The molecule has 3 aromatic rings. The summed E-state index contributed by atoms with van der Waals surface area (Å²) in [7, 11) is 0. The van der Waals surface area contributed by atoms with Crippen LogP contribution in [0.1, 0.15) is 94.5 Å². The SMILES string of the molecule is CCCCCCCCN(C(=O)C(Cc1ccccc1)NC(=O)OC(C)(C)C)C(C(=O)Nc1c(C)cccc1Cl)c1cccc(C)c1. The fourth-order valence-electron chi connectivity index (χ4n) is 5.42. The number of hydrogen-bond donors (Lipinski definition) is 2. The van der Waals surface area contributed by atoms with Crippen molar-refractivity contribution in [1.82, 2.24) is 10.2 Å². The largest absolute Gasteiger partial charge is 0.444 e. The van der Waals surface area contributed by atoms with Gasteiger partial charge in [0.2, 0.25) is 5.91 Å². The number of benzene rings is 3. The fraction of sp³-hybridized carbons (Fsp3) is 0.447. The molecule has 7 nitrogen and oxygen atoms in total. The van der Waals surface area contributed by atoms with E-state index < -0.39 is 23.8 Å². The zero-order valence-electron chi connectivity index (χ0n) is 28.2. The van der Waals surface area contributed by atoms with Gasteiger partial charge < -0.3 is 20.3 Å². The monoisotopic (exact) mass is 647 g/mol. The van der Waals surface area contributed by atoms with Gasteiger partial charge in [-0.25, -0.2) is 4.79 Å². The topological polar surface area (TPSA) is 87.7 Å². The molecule has 3 rings (SSSR count). The molecule has 2 atom stereocenters. The number of halogens is 1. The Morgan fingerprint density at radius 1 is 0.870 bits per heavy atom. The van der Waals surface area contributed by atoms with Crippen LogP contribution in [0.4, 0.5) is 10.5 Å². The van der Waals surface area contributed by atoms with E-state index in [9.17, 15) is 14.4 Å². The first-order valence-corrected chi connectivity index (χ1v) is 16.7. The minimum absolute atomic E-state index is 0.234. The molecule has 248 valence electrons. The summed E-state index contributed by atoms with van der Waals surface area (Å²) >= 11 is 6.53. The van der Waals surface area contributed by atoms with Crippen LogP contribution in [0.25, 0.3) is 0 Å². The average molecular weight is 648 g/mol. The number of carbonyl (C=O) groups is 3. The molecule has 0 aliphatic heterocycles. The van der Waals surface area contributed by atoms with E-state index in [-0.39, 0.29) is 18.2 Å². The number of unbranched alkanes of at least 4 members (excludes halogenated alkanes) is 5. The van der Waals surface area contributed by atoms with Gasteiger partial charge in [0.1, 0.15) is 17.7 Å². The van der Waals surface area contributed by atoms with E-state index in [1.807, 2.05) is 80.6 Å². The molecule has 0 aliphatic carbocycles. The highest BCUT2D eigenvalue weighted by atomic mass is 35.5. The molecular weight excluding hydrogens is 598 g/mol. The van der Waals surface area contributed by atoms with E-state index in [1.54, 1.807) is 31.7 Å². The zero-order chi connectivity index (χ0) is 33.7. The third-order valence-corrected chi connectivity index (χ3v) is 8.01. The molecule has 0 aromatic heterocycles. The zero-order valence-corrected chi connectivity index (χ0v) is 29.0. The van der Waals surface area contributed by atoms with Crippen molar-refractivity contribution in [1.29, 1.82) is 0 Å². The van der Waals surface area contributed by atoms with Crippen molar-refractivity contribution in [3.05, 3.63) is 100 Å². The van der Waals surface area contributed by atoms with Crippen LogP contribution in [0, 0.1) is 13.8 Å². The normalized spacial score (nSPS) is 12.6. The summed E-state index contributed by atoms with van der Waals surface area (Å²) in [5.74, 6) is -0.738. The number of ether oxygens (including phenoxy) is 1. The first-order chi connectivity index (χ1) is 21.9. The number of nitrogens with one attached hydrogen (secondary N) is 2. The van der Waals surface area contributed by atoms with E-state index in [1.165, 1.54) is 0 Å². The molecule has 0 bridgehead atoms. The fourth-order valence-corrected chi connectivity index (χ4v) is 5.69. The quantitative estimate of drug-likeness (QED) is 0.161. The van der Waals surface area contributed by atoms with E-state index in [2.05, 4.69) is 17.6 Å². The van der Waals surface area contributed by atoms with E-state index in [0.29, 0.717) is 29.2 Å². The summed E-state index contributed by atoms with van der Waals surface area (Å²) in [6, 6.07) is 20.7. The predicted octanol–water partition coefficient (Wildman–Crippen LogP) is 8.96. The molecule has 2 unspecified atom stereocenters. The molecule has 3 aromatic carbocycles. The van der Waals surface area contributed by atoms with Crippen LogP contribution in [0.2, 0.25) is 5.02 Å². The summed E-state index contributed by atoms with van der Waals surface area (Å²) in [6.07, 6.45) is 5.63. The number of para-hydroxylation sites is 1. The maximum atomic E-state index is 14.8. The maximum Gasteiger partial charge on any atom is 0.408 e. The standard InChI is InChI=1S/C38H50ClN3O4/c1-7-8-9-10-11-15-24-42(36(44)32(26-29-20-13-12-14-21-29)40-37(45)46-38(4,5)6)34(30-22-16-18-27(2)25-30)35(43)41-33-28(3)19-17-23-31(33)39/h12-14,16-23,25,32,34H,7-11,15,24,26H2,1-6H3,(H,40,45)(H,41,43). The summed E-state index contributed by atoms with van der Waals surface area (Å²) < 4.78 is 5.57. The first kappa shape index (κ1) is 36.6. The molecular formula is C38H50ClN3O4. The lowest BCUT2D eigenvalue weighted by atomic mass is 9.98. The number of anilines is 1. The van der Waals surface area contributed by atoms with Crippen LogP contribution < -0.4 is 10.6 Å². The Morgan fingerprint density at radius 2 is 1.54 bits per heavy atom. The maximum absolute atomic E-state index is 14.8. The average Bonchev–Trinajstić information content (AvgIpc) is 2.99. The van der Waals surface area contributed by atoms with Gasteiger partial charge in [-0.1, -0.05) is 123 Å². The van der Waals surface area contributed by atoms with Gasteiger partial charge in [0.15, 0.2) is 0 Å². The Kier molecular flexibility index (Phi) is 14.1. The van der Waals surface area contributed by atoms with E-state index >= 15 is 0 Å². The summed E-state index contributed by atoms with van der Waals surface area (Å²) in [5.41, 5.74) is 3.08. The lowest BCUT2D eigenvalue weighted by Crippen LogP contribution is -2.53. The van der Waals surface area contributed by atoms with Crippen LogP contribution in [0.3, 0.4) is 0 Å². The third-order valence-electron chi connectivity index (χ3n) is 7.70. The lowest BCUT2D eigenvalue weighted by molar-refractivity contribution is -0.140. The van der Waals surface area contributed by atoms with Gasteiger partial charge in [-0.05, 0) is 63.8 Å². The Bertz CT molecular complexity index is 1420. The molecule has 0 radical (unpaired) electrons. The van der Waals surface area contributed by atoms with Gasteiger partial charge in [-0.2, -0.15) is 0 Å². The van der Waals surface area contributed by atoms with Crippen LogP contribution in [-0.4, -0.2) is 41.0 Å². The number of nitrogens with zero attached hydrogens (tertiary/aromatic N) is 1. The van der Waals surface area contributed by atoms with Crippen molar-refractivity contribution in [2.24, 2.45) is 0 Å². The number of alkyl carbamates (subject to hydrolysis) is 1. The Labute approximate surface area is 280 Å². The Balaban J connectivity index is 2.07. The molecule has 2 N–H and O–H groups in total. The van der Waals surface area contributed by atoms with Crippen molar-refractivity contribution >= 4 is 35.2 Å². The number of amides is 3. The molecule has 3 amide bonds. The van der Waals surface area contributed by atoms with Gasteiger partial charge in [-0.15, -0.1) is 0 Å². The number of rotatable bonds is 15. The van der Waals surface area contributed by atoms with Gasteiger partial charge in [0, 0.05) is 13.0 Å². The van der Waals surface area contributed by atoms with Crippen molar-refractivity contribution in [2.45, 2.75) is 104 Å². The van der Waals surface area contributed by atoms with E-state index in [0.717, 1.165) is 48.8 Å². The minimum atomic E-state index is -0.975.